The van der Waals surface area contributed by atoms with Crippen LogP contribution in [-0.2, 0) is 0 Å². The summed E-state index contributed by atoms with van der Waals surface area (Å²) in [7, 11) is 0. The van der Waals surface area contributed by atoms with E-state index in [0.29, 0.717) is 0 Å². The topological polar surface area (TPSA) is 0 Å². The molecule has 0 aromatic carbocycles. The summed E-state index contributed by atoms with van der Waals surface area (Å²) < 4.78 is 0. The van der Waals surface area contributed by atoms with E-state index < -0.39 is 0 Å². The first-order chi connectivity index (χ1) is 4.45. The van der Waals surface area contributed by atoms with Crippen LogP contribution in [0.3, 0.4) is 0 Å². The zero-order valence-electron chi connectivity index (χ0n) is 5.84. The monoisotopic (exact) mass is 122 g/mol. The van der Waals surface area contributed by atoms with Gasteiger partial charge in [-0.3, -0.25) is 0 Å². The second-order valence-electron chi connectivity index (χ2n) is 4.24. The van der Waals surface area contributed by atoms with Crippen molar-refractivity contribution >= 4 is 0 Å². The van der Waals surface area contributed by atoms with E-state index in [1.54, 1.807) is 32.1 Å². The van der Waals surface area contributed by atoms with Gasteiger partial charge in [-0.15, -0.1) is 0 Å². The minimum atomic E-state index is 1.19. The summed E-state index contributed by atoms with van der Waals surface area (Å²) in [5.74, 6) is 4.86. The maximum atomic E-state index is 1.62. The summed E-state index contributed by atoms with van der Waals surface area (Å²) >= 11 is 0. The van der Waals surface area contributed by atoms with Gasteiger partial charge in [0.05, 0.1) is 0 Å². The molecule has 9 heavy (non-hydrogen) atoms. The summed E-state index contributed by atoms with van der Waals surface area (Å²) in [4.78, 5) is 0. The highest BCUT2D eigenvalue weighted by atomic mass is 14.6. The second-order valence-corrected chi connectivity index (χ2v) is 4.24. The predicted octanol–water partition coefficient (Wildman–Crippen LogP) is 2.44. The van der Waals surface area contributed by atoms with Gasteiger partial charge in [0.25, 0.3) is 0 Å². The predicted molar refractivity (Wildman–Crippen MR) is 37.0 cm³/mol. The molecule has 0 radical (unpaired) electrons. The molecule has 4 fully saturated rings. The fourth-order valence-corrected chi connectivity index (χ4v) is 3.32. The van der Waals surface area contributed by atoms with E-state index in [-0.39, 0.29) is 0 Å². The number of hydrogen-bond acceptors (Lipinski definition) is 0. The van der Waals surface area contributed by atoms with Crippen LogP contribution in [0.4, 0.5) is 0 Å². The molecule has 4 rings (SSSR count). The van der Waals surface area contributed by atoms with Crippen LogP contribution < -0.4 is 0 Å². The Morgan fingerprint density at radius 1 is 0.667 bits per heavy atom. The molecule has 0 heteroatoms. The van der Waals surface area contributed by atoms with E-state index in [0.717, 1.165) is 0 Å². The minimum absolute atomic E-state index is 1.19. The molecule has 4 aliphatic rings. The Labute approximate surface area is 56.6 Å². The maximum absolute atomic E-state index is 1.62. The highest BCUT2D eigenvalue weighted by Crippen LogP contribution is 2.62. The summed E-state index contributed by atoms with van der Waals surface area (Å²) in [6, 6.07) is 0. The van der Waals surface area contributed by atoms with Gasteiger partial charge in [0.15, 0.2) is 0 Å². The fraction of sp³-hybridized carbons (Fsp3) is 1.00. The molecule has 0 unspecified atom stereocenters. The molecule has 50 valence electrons. The smallest absolute Gasteiger partial charge is 0.0352 e. The van der Waals surface area contributed by atoms with Gasteiger partial charge >= 0.3 is 0 Å². The Balaban J connectivity index is 1.93. The van der Waals surface area contributed by atoms with E-state index in [1.807, 2.05) is 0 Å². The van der Waals surface area contributed by atoms with Gasteiger partial charge in [0, 0.05) is 0 Å². The molecule has 0 saturated heterocycles. The number of fused-ring (bicyclic) bond motifs is 2. The lowest BCUT2D eigenvalue weighted by atomic mass is 9.71. The zero-order valence-corrected chi connectivity index (χ0v) is 5.84. The first kappa shape index (κ1) is 4.76. The van der Waals surface area contributed by atoms with Crippen LogP contribution in [-0.4, -0.2) is 0 Å². The van der Waals surface area contributed by atoms with Crippen LogP contribution >= 0.6 is 0 Å². The van der Waals surface area contributed by atoms with Crippen molar-refractivity contribution in [3.63, 3.8) is 0 Å². The summed E-state index contributed by atoms with van der Waals surface area (Å²) in [6.07, 6.45) is 7.98. The summed E-state index contributed by atoms with van der Waals surface area (Å²) in [6.45, 7) is 0. The maximum Gasteiger partial charge on any atom is -0.0352 e. The van der Waals surface area contributed by atoms with E-state index in [1.165, 1.54) is 23.7 Å². The molecule has 2 bridgehead atoms. The molecule has 0 N–H and O–H groups in total. The first-order valence-corrected chi connectivity index (χ1v) is 4.45. The van der Waals surface area contributed by atoms with Crippen molar-refractivity contribution in [2.45, 2.75) is 32.1 Å². The normalized spacial score (nSPS) is 61.3. The van der Waals surface area contributed by atoms with Gasteiger partial charge in [0.1, 0.15) is 0 Å². The largest absolute Gasteiger partial charge is 0.0499 e. The Kier molecular flexibility index (Phi) is 0.717. The van der Waals surface area contributed by atoms with Crippen LogP contribution in [0.2, 0.25) is 0 Å². The summed E-state index contributed by atoms with van der Waals surface area (Å²) in [5.41, 5.74) is 0. The molecule has 0 nitrogen and oxygen atoms in total. The van der Waals surface area contributed by atoms with Crippen molar-refractivity contribution in [3.8, 4) is 0 Å². The third kappa shape index (κ3) is 0.500. The van der Waals surface area contributed by atoms with E-state index >= 15 is 0 Å². The van der Waals surface area contributed by atoms with Crippen LogP contribution in [0.5, 0.6) is 0 Å². The fourth-order valence-electron chi connectivity index (χ4n) is 3.32. The lowest BCUT2D eigenvalue weighted by molar-refractivity contribution is 0.161. The van der Waals surface area contributed by atoms with Gasteiger partial charge < -0.3 is 0 Å². The number of hydrogen-bond donors (Lipinski definition) is 0. The van der Waals surface area contributed by atoms with E-state index in [2.05, 4.69) is 0 Å². The average molecular weight is 122 g/mol. The van der Waals surface area contributed by atoms with Crippen LogP contribution in [0.15, 0.2) is 0 Å². The Hall–Kier alpha value is 0. The SMILES string of the molecule is C1CC2CCC1[C@H]1C[C@@H]21. The molecular weight excluding hydrogens is 108 g/mol. The van der Waals surface area contributed by atoms with Crippen LogP contribution in [0.25, 0.3) is 0 Å². The Morgan fingerprint density at radius 2 is 1.11 bits per heavy atom. The third-order valence-electron chi connectivity index (χ3n) is 3.92. The Bertz CT molecular complexity index is 115. The van der Waals surface area contributed by atoms with Crippen LogP contribution in [0.1, 0.15) is 32.1 Å². The van der Waals surface area contributed by atoms with E-state index in [4.69, 9.17) is 0 Å². The van der Waals surface area contributed by atoms with Crippen molar-refractivity contribution in [2.75, 3.05) is 0 Å². The minimum Gasteiger partial charge on any atom is -0.0499 e. The highest BCUT2D eigenvalue weighted by Gasteiger charge is 2.53. The molecule has 0 spiro atoms. The van der Waals surface area contributed by atoms with Crippen molar-refractivity contribution in [3.05, 3.63) is 0 Å². The molecule has 0 heterocycles. The number of rotatable bonds is 0. The zero-order chi connectivity index (χ0) is 5.84. The van der Waals surface area contributed by atoms with Crippen molar-refractivity contribution in [2.24, 2.45) is 23.7 Å². The lowest BCUT2D eigenvalue weighted by Crippen LogP contribution is -2.24. The molecule has 2 atom stereocenters. The third-order valence-corrected chi connectivity index (χ3v) is 3.92. The van der Waals surface area contributed by atoms with Gasteiger partial charge in [-0.25, -0.2) is 0 Å². The summed E-state index contributed by atoms with van der Waals surface area (Å²) in [5, 5.41) is 0. The van der Waals surface area contributed by atoms with Crippen molar-refractivity contribution in [1.29, 1.82) is 0 Å². The molecular formula is C9H14. The Morgan fingerprint density at radius 3 is 1.44 bits per heavy atom. The second kappa shape index (κ2) is 1.36. The highest BCUT2D eigenvalue weighted by molar-refractivity contribution is 5.02. The first-order valence-electron chi connectivity index (χ1n) is 4.45. The van der Waals surface area contributed by atoms with Crippen molar-refractivity contribution in [1.82, 2.24) is 0 Å². The van der Waals surface area contributed by atoms with Gasteiger partial charge in [0.2, 0.25) is 0 Å². The molecule has 0 aromatic heterocycles. The lowest BCUT2D eigenvalue weighted by Gasteiger charge is -2.34. The standard InChI is InChI=1S/C9H14/c1-2-7-4-3-6(1)8-5-9(7)8/h6-9H,1-5H2/t6?,7?,8-,9+. The molecule has 0 aliphatic heterocycles. The molecule has 4 aliphatic carbocycles. The average Bonchev–Trinajstić information content (AvgIpc) is 2.68. The quantitative estimate of drug-likeness (QED) is 0.463. The molecule has 4 saturated carbocycles. The molecule has 0 amide bonds. The van der Waals surface area contributed by atoms with Gasteiger partial charge in [-0.05, 0) is 55.8 Å². The van der Waals surface area contributed by atoms with Crippen LogP contribution in [0, 0.1) is 23.7 Å². The van der Waals surface area contributed by atoms with E-state index in [9.17, 15) is 0 Å². The van der Waals surface area contributed by atoms with Gasteiger partial charge in [-0.1, -0.05) is 0 Å². The van der Waals surface area contributed by atoms with Gasteiger partial charge in [-0.2, -0.15) is 0 Å². The molecule has 0 aromatic rings. The van der Waals surface area contributed by atoms with Crippen molar-refractivity contribution < 1.29 is 0 Å².